The van der Waals surface area contributed by atoms with Crippen LogP contribution in [0.5, 0.6) is 0 Å². The van der Waals surface area contributed by atoms with Gasteiger partial charge >= 0.3 is 0 Å². The fourth-order valence-electron chi connectivity index (χ4n) is 1.97. The topological polar surface area (TPSA) is 79.0 Å². The molecule has 5 nitrogen and oxygen atoms in total. The van der Waals surface area contributed by atoms with Crippen LogP contribution in [0.3, 0.4) is 0 Å². The van der Waals surface area contributed by atoms with Crippen molar-refractivity contribution in [2.24, 2.45) is 0 Å². The van der Waals surface area contributed by atoms with E-state index in [0.717, 1.165) is 5.56 Å². The third-order valence-electron chi connectivity index (χ3n) is 3.04. The number of anilines is 1. The van der Waals surface area contributed by atoms with Crippen LogP contribution in [0.15, 0.2) is 46.9 Å². The van der Waals surface area contributed by atoms with Crippen molar-refractivity contribution >= 4 is 27.3 Å². The molecule has 21 heavy (non-hydrogen) atoms. The normalized spacial score (nSPS) is 11.5. The number of nitriles is 1. The van der Waals surface area contributed by atoms with Crippen LogP contribution in [0.4, 0.5) is 11.4 Å². The number of rotatable bonds is 4. The molecule has 0 aliphatic heterocycles. The highest BCUT2D eigenvalue weighted by Gasteiger charge is 2.16. The van der Waals surface area contributed by atoms with Crippen LogP contribution in [-0.4, -0.2) is 4.92 Å². The first-order valence-electron chi connectivity index (χ1n) is 6.22. The molecule has 0 fully saturated rings. The molecule has 2 aromatic carbocycles. The Morgan fingerprint density at radius 2 is 2.10 bits per heavy atom. The van der Waals surface area contributed by atoms with Crippen molar-refractivity contribution in [3.63, 3.8) is 0 Å². The number of nitro benzene ring substituents is 1. The van der Waals surface area contributed by atoms with Gasteiger partial charge in [0.1, 0.15) is 5.69 Å². The predicted octanol–water partition coefficient (Wildman–Crippen LogP) is 4.40. The van der Waals surface area contributed by atoms with E-state index in [1.165, 1.54) is 6.07 Å². The molecule has 0 spiro atoms. The molecule has 0 bridgehead atoms. The molecule has 0 saturated carbocycles. The number of nitro groups is 1. The van der Waals surface area contributed by atoms with Gasteiger partial charge in [0.15, 0.2) is 0 Å². The maximum Gasteiger partial charge on any atom is 0.293 e. The SMILES string of the molecule is CC(Nc1ccc(Br)cc1[N+](=O)[O-])c1cccc(C#N)c1. The zero-order valence-corrected chi connectivity index (χ0v) is 12.8. The Morgan fingerprint density at radius 3 is 2.76 bits per heavy atom. The van der Waals surface area contributed by atoms with Crippen molar-refractivity contribution in [2.45, 2.75) is 13.0 Å². The summed E-state index contributed by atoms with van der Waals surface area (Å²) in [6.45, 7) is 1.89. The van der Waals surface area contributed by atoms with Crippen LogP contribution in [0.2, 0.25) is 0 Å². The van der Waals surface area contributed by atoms with Crippen molar-refractivity contribution in [1.29, 1.82) is 5.26 Å². The summed E-state index contributed by atoms with van der Waals surface area (Å²) in [5, 5.41) is 23.1. The fourth-order valence-corrected chi connectivity index (χ4v) is 2.32. The van der Waals surface area contributed by atoms with E-state index < -0.39 is 4.92 Å². The molecule has 2 rings (SSSR count). The molecule has 0 aliphatic rings. The summed E-state index contributed by atoms with van der Waals surface area (Å²) in [7, 11) is 0. The van der Waals surface area contributed by atoms with Crippen LogP contribution in [0, 0.1) is 21.4 Å². The molecule has 1 atom stereocenters. The maximum absolute atomic E-state index is 11.1. The summed E-state index contributed by atoms with van der Waals surface area (Å²) in [6, 6.07) is 13.9. The molecule has 2 aromatic rings. The minimum atomic E-state index is -0.425. The van der Waals surface area contributed by atoms with Gasteiger partial charge in [-0.05, 0) is 36.8 Å². The van der Waals surface area contributed by atoms with Gasteiger partial charge in [-0.3, -0.25) is 10.1 Å². The largest absolute Gasteiger partial charge is 0.373 e. The van der Waals surface area contributed by atoms with Gasteiger partial charge in [-0.15, -0.1) is 0 Å². The summed E-state index contributed by atoms with van der Waals surface area (Å²) in [5.41, 5.74) is 1.91. The molecular formula is C15H12BrN3O2. The molecule has 0 amide bonds. The van der Waals surface area contributed by atoms with E-state index in [1.54, 1.807) is 30.3 Å². The Hall–Kier alpha value is -2.39. The predicted molar refractivity (Wildman–Crippen MR) is 84.0 cm³/mol. The summed E-state index contributed by atoms with van der Waals surface area (Å²) in [6.07, 6.45) is 0. The van der Waals surface area contributed by atoms with Gasteiger partial charge in [-0.1, -0.05) is 28.1 Å². The van der Waals surface area contributed by atoms with Gasteiger partial charge in [-0.2, -0.15) is 5.26 Å². The minimum Gasteiger partial charge on any atom is -0.373 e. The first kappa shape index (κ1) is 15.0. The third kappa shape index (κ3) is 3.58. The lowest BCUT2D eigenvalue weighted by molar-refractivity contribution is -0.384. The number of benzene rings is 2. The highest BCUT2D eigenvalue weighted by Crippen LogP contribution is 2.31. The molecule has 1 unspecified atom stereocenters. The van der Waals surface area contributed by atoms with Crippen molar-refractivity contribution in [2.75, 3.05) is 5.32 Å². The number of nitrogens with zero attached hydrogens (tertiary/aromatic N) is 2. The summed E-state index contributed by atoms with van der Waals surface area (Å²) in [5.74, 6) is 0. The first-order valence-corrected chi connectivity index (χ1v) is 7.01. The summed E-state index contributed by atoms with van der Waals surface area (Å²) < 4.78 is 0.652. The molecule has 6 heteroatoms. The second-order valence-corrected chi connectivity index (χ2v) is 5.44. The van der Waals surface area contributed by atoms with Gasteiger partial charge in [0.2, 0.25) is 0 Å². The Morgan fingerprint density at radius 1 is 1.33 bits per heavy atom. The molecule has 1 N–H and O–H groups in total. The van der Waals surface area contributed by atoms with Crippen molar-refractivity contribution < 1.29 is 4.92 Å². The monoisotopic (exact) mass is 345 g/mol. The van der Waals surface area contributed by atoms with Gasteiger partial charge in [0, 0.05) is 16.6 Å². The standard InChI is InChI=1S/C15H12BrN3O2/c1-10(12-4-2-3-11(7-12)9-17)18-14-6-5-13(16)8-15(14)19(20)21/h2-8,10,18H,1H3. The van der Waals surface area contributed by atoms with Gasteiger partial charge in [-0.25, -0.2) is 0 Å². The third-order valence-corrected chi connectivity index (χ3v) is 3.54. The Kier molecular flexibility index (Phi) is 4.55. The van der Waals surface area contributed by atoms with Crippen LogP contribution >= 0.6 is 15.9 Å². The minimum absolute atomic E-state index is 0.00710. The van der Waals surface area contributed by atoms with Crippen LogP contribution in [-0.2, 0) is 0 Å². The average molecular weight is 346 g/mol. The molecule has 0 aromatic heterocycles. The Balaban J connectivity index is 2.29. The van der Waals surface area contributed by atoms with Crippen LogP contribution in [0.25, 0.3) is 0 Å². The van der Waals surface area contributed by atoms with Crippen molar-refractivity contribution in [3.05, 3.63) is 68.2 Å². The molecular weight excluding hydrogens is 334 g/mol. The molecule has 0 radical (unpaired) electrons. The van der Waals surface area contributed by atoms with E-state index >= 15 is 0 Å². The maximum atomic E-state index is 11.1. The molecule has 0 aliphatic carbocycles. The van der Waals surface area contributed by atoms with E-state index in [1.807, 2.05) is 13.0 Å². The van der Waals surface area contributed by atoms with E-state index in [-0.39, 0.29) is 11.7 Å². The number of hydrogen-bond acceptors (Lipinski definition) is 4. The second-order valence-electron chi connectivity index (χ2n) is 4.52. The van der Waals surface area contributed by atoms with E-state index in [2.05, 4.69) is 27.3 Å². The summed E-state index contributed by atoms with van der Waals surface area (Å²) in [4.78, 5) is 10.7. The summed E-state index contributed by atoms with van der Waals surface area (Å²) >= 11 is 3.23. The van der Waals surface area contributed by atoms with Crippen molar-refractivity contribution in [1.82, 2.24) is 0 Å². The fraction of sp³-hybridized carbons (Fsp3) is 0.133. The Labute approximate surface area is 130 Å². The quantitative estimate of drug-likeness (QED) is 0.657. The van der Waals surface area contributed by atoms with Crippen LogP contribution in [0.1, 0.15) is 24.1 Å². The van der Waals surface area contributed by atoms with Gasteiger partial charge < -0.3 is 5.32 Å². The van der Waals surface area contributed by atoms with Gasteiger partial charge in [0.05, 0.1) is 16.6 Å². The lowest BCUT2D eigenvalue weighted by Gasteiger charge is -2.16. The average Bonchev–Trinajstić information content (AvgIpc) is 2.48. The van der Waals surface area contributed by atoms with Crippen LogP contribution < -0.4 is 5.32 Å². The lowest BCUT2D eigenvalue weighted by Crippen LogP contribution is -2.08. The first-order chi connectivity index (χ1) is 10.0. The van der Waals surface area contributed by atoms with Gasteiger partial charge in [0.25, 0.3) is 5.69 Å². The van der Waals surface area contributed by atoms with E-state index in [9.17, 15) is 10.1 Å². The zero-order chi connectivity index (χ0) is 15.4. The molecule has 0 saturated heterocycles. The highest BCUT2D eigenvalue weighted by atomic mass is 79.9. The van der Waals surface area contributed by atoms with Crippen molar-refractivity contribution in [3.8, 4) is 6.07 Å². The zero-order valence-electron chi connectivity index (χ0n) is 11.2. The molecule has 106 valence electrons. The highest BCUT2D eigenvalue weighted by molar-refractivity contribution is 9.10. The van der Waals surface area contributed by atoms with E-state index in [4.69, 9.17) is 5.26 Å². The number of nitrogens with one attached hydrogen (secondary N) is 1. The second kappa shape index (κ2) is 6.37. The molecule has 0 heterocycles. The Bertz CT molecular complexity index is 725. The smallest absolute Gasteiger partial charge is 0.293 e. The number of halogens is 1. The lowest BCUT2D eigenvalue weighted by atomic mass is 10.1. The number of hydrogen-bond donors (Lipinski definition) is 1. The van der Waals surface area contributed by atoms with E-state index in [0.29, 0.717) is 15.7 Å².